The van der Waals surface area contributed by atoms with Gasteiger partial charge in [0, 0.05) is 0 Å². The molecule has 4 fully saturated rings. The maximum absolute atomic E-state index is 14.3. The Morgan fingerprint density at radius 1 is 0.615 bits per heavy atom. The number of carbonyl (C=O) groups is 1. The second-order valence-electron chi connectivity index (χ2n) is 6.26. The van der Waals surface area contributed by atoms with Crippen molar-refractivity contribution in [3.63, 3.8) is 0 Å². The molecule has 4 saturated carbocycles. The zero-order valence-corrected chi connectivity index (χ0v) is 11.4. The predicted molar refractivity (Wildman–Crippen MR) is 49.3 cm³/mol. The summed E-state index contributed by atoms with van der Waals surface area (Å²) in [6, 6.07) is -4.65. The molecule has 0 radical (unpaired) electrons. The molecule has 0 aromatic rings. The van der Waals surface area contributed by atoms with Gasteiger partial charge in [0.2, 0.25) is 0 Å². The van der Waals surface area contributed by atoms with Gasteiger partial charge in [0.05, 0.1) is 0 Å². The fraction of sp³-hybridized carbons (Fsp3) is 0.909. The van der Waals surface area contributed by atoms with Crippen LogP contribution in [0, 0.1) is 11.3 Å². The molecule has 4 aliphatic rings. The molecule has 15 heteroatoms. The smallest absolute Gasteiger partial charge is 0.260 e. The molecule has 0 spiro atoms. The summed E-state index contributed by atoms with van der Waals surface area (Å²) in [4.78, 5) is 10.7. The average molecular weight is 416 g/mol. The van der Waals surface area contributed by atoms with Gasteiger partial charge in [0.15, 0.2) is 12.1 Å². The normalized spacial score (nSPS) is 51.3. The third kappa shape index (κ3) is 1.12. The third-order valence-corrected chi connectivity index (χ3v) is 5.41. The van der Waals surface area contributed by atoms with E-state index in [1.165, 1.54) is 0 Å². The molecule has 4 rings (SSSR count). The standard InChI is InChI=1S/C11H2F14O/c12-2-5(14)8(18,19)1-7(16,17)4(3(13)26,10(5,22)23)11(24,25)6(2,15)9(1,20)21/h1-2H. The molecule has 26 heavy (non-hydrogen) atoms. The predicted octanol–water partition coefficient (Wildman–Crippen LogP) is 4.06. The van der Waals surface area contributed by atoms with E-state index in [9.17, 15) is 66.3 Å². The molecule has 0 aromatic heterocycles. The second-order valence-corrected chi connectivity index (χ2v) is 6.26. The molecule has 150 valence electrons. The zero-order chi connectivity index (χ0) is 20.7. The van der Waals surface area contributed by atoms with Gasteiger partial charge >= 0.3 is 29.7 Å². The third-order valence-electron chi connectivity index (χ3n) is 5.41. The van der Waals surface area contributed by atoms with Crippen LogP contribution in [0.4, 0.5) is 61.5 Å². The van der Waals surface area contributed by atoms with Crippen LogP contribution in [-0.4, -0.2) is 53.2 Å². The number of hydrogen-bond donors (Lipinski definition) is 0. The van der Waals surface area contributed by atoms with E-state index in [0.717, 1.165) is 0 Å². The lowest BCUT2D eigenvalue weighted by molar-refractivity contribution is -0.553. The van der Waals surface area contributed by atoms with Crippen molar-refractivity contribution in [2.45, 2.75) is 47.1 Å². The minimum atomic E-state index is -7.32. The molecule has 1 nitrogen and oxygen atoms in total. The summed E-state index contributed by atoms with van der Waals surface area (Å²) in [5.74, 6) is -41.1. The molecule has 4 bridgehead atoms. The lowest BCUT2D eigenvalue weighted by Crippen LogP contribution is -3.01. The summed E-state index contributed by atoms with van der Waals surface area (Å²) in [6.45, 7) is 0. The van der Waals surface area contributed by atoms with Crippen LogP contribution in [0.15, 0.2) is 0 Å². The van der Waals surface area contributed by atoms with E-state index in [1.807, 2.05) is 0 Å². The van der Waals surface area contributed by atoms with E-state index in [0.29, 0.717) is 0 Å². The van der Waals surface area contributed by atoms with Crippen LogP contribution in [0.3, 0.4) is 0 Å². The first-order valence-electron chi connectivity index (χ1n) is 6.32. The van der Waals surface area contributed by atoms with Crippen molar-refractivity contribution in [1.29, 1.82) is 0 Å². The topological polar surface area (TPSA) is 17.1 Å². The molecule has 0 aliphatic heterocycles. The van der Waals surface area contributed by atoms with Gasteiger partial charge < -0.3 is 0 Å². The molecule has 0 N–H and O–H groups in total. The highest BCUT2D eigenvalue weighted by Gasteiger charge is 3.15. The summed E-state index contributed by atoms with van der Waals surface area (Å²) < 4.78 is 195. The molecule has 0 saturated heterocycles. The number of alkyl halides is 13. The van der Waals surface area contributed by atoms with Crippen LogP contribution >= 0.6 is 0 Å². The molecule has 4 aliphatic carbocycles. The Morgan fingerprint density at radius 2 is 0.923 bits per heavy atom. The summed E-state index contributed by atoms with van der Waals surface area (Å²) >= 11 is 0. The summed E-state index contributed by atoms with van der Waals surface area (Å²) in [6.07, 6.45) is -5.79. The fourth-order valence-corrected chi connectivity index (χ4v) is 4.21. The minimum absolute atomic E-state index is 4.65. The van der Waals surface area contributed by atoms with Crippen LogP contribution in [0.1, 0.15) is 0 Å². The van der Waals surface area contributed by atoms with Gasteiger partial charge in [-0.15, -0.1) is 0 Å². The van der Waals surface area contributed by atoms with E-state index < -0.39 is 64.5 Å². The van der Waals surface area contributed by atoms with Crippen LogP contribution in [0.25, 0.3) is 0 Å². The van der Waals surface area contributed by atoms with E-state index >= 15 is 0 Å². The minimum Gasteiger partial charge on any atom is -0.260 e. The van der Waals surface area contributed by atoms with E-state index in [4.69, 9.17) is 0 Å². The first-order valence-corrected chi connectivity index (χ1v) is 6.32. The molecule has 2 atom stereocenters. The van der Waals surface area contributed by atoms with Crippen molar-refractivity contribution >= 4 is 6.04 Å². The van der Waals surface area contributed by atoms with E-state index in [2.05, 4.69) is 0 Å². The van der Waals surface area contributed by atoms with Crippen molar-refractivity contribution in [3.8, 4) is 0 Å². The molecule has 0 heterocycles. The lowest BCUT2D eigenvalue weighted by atomic mass is 9.38. The monoisotopic (exact) mass is 416 g/mol. The summed E-state index contributed by atoms with van der Waals surface area (Å²) in [7, 11) is 0. The SMILES string of the molecule is O=C(F)C12C(F)(F)C3C(F)(F)C(F)(C(F)C(F)(C3(F)F)C1(F)F)C2(F)F. The van der Waals surface area contributed by atoms with Crippen molar-refractivity contribution in [2.24, 2.45) is 11.3 Å². The summed E-state index contributed by atoms with van der Waals surface area (Å²) in [5, 5.41) is 0. The molecule has 0 aromatic carbocycles. The average Bonchev–Trinajstić information content (AvgIpc) is 2.38. The van der Waals surface area contributed by atoms with E-state index in [-0.39, 0.29) is 0 Å². The Morgan fingerprint density at radius 3 is 1.19 bits per heavy atom. The highest BCUT2D eigenvalue weighted by atomic mass is 19.3. The van der Waals surface area contributed by atoms with Gasteiger partial charge in [-0.25, -0.2) is 57.1 Å². The largest absolute Gasteiger partial charge is 0.326 e. The Kier molecular flexibility index (Phi) is 2.94. The van der Waals surface area contributed by atoms with Crippen LogP contribution in [-0.2, 0) is 4.79 Å². The fourth-order valence-electron chi connectivity index (χ4n) is 4.21. The summed E-state index contributed by atoms with van der Waals surface area (Å²) in [5.41, 5.74) is -20.5. The maximum atomic E-state index is 14.3. The van der Waals surface area contributed by atoms with Gasteiger partial charge in [-0.2, -0.15) is 4.39 Å². The first-order chi connectivity index (χ1) is 11.2. The van der Waals surface area contributed by atoms with Crippen LogP contribution < -0.4 is 0 Å². The molecular formula is C11H2F14O. The Balaban J connectivity index is 2.65. The molecule has 2 unspecified atom stereocenters. The van der Waals surface area contributed by atoms with Gasteiger partial charge in [0.1, 0.15) is 0 Å². The Hall–Kier alpha value is -1.31. The number of halogens is 14. The first kappa shape index (κ1) is 19.5. The quantitative estimate of drug-likeness (QED) is 0.466. The van der Waals surface area contributed by atoms with Gasteiger partial charge in [-0.05, 0) is 0 Å². The van der Waals surface area contributed by atoms with Crippen molar-refractivity contribution in [3.05, 3.63) is 0 Å². The molecule has 0 amide bonds. The van der Waals surface area contributed by atoms with Crippen LogP contribution in [0.5, 0.6) is 0 Å². The Labute approximate surface area is 132 Å². The van der Waals surface area contributed by atoms with Gasteiger partial charge in [-0.1, -0.05) is 0 Å². The van der Waals surface area contributed by atoms with Crippen molar-refractivity contribution in [2.75, 3.05) is 0 Å². The number of carbonyl (C=O) groups excluding carboxylic acids is 1. The highest BCUT2D eigenvalue weighted by Crippen LogP contribution is 2.86. The molecular weight excluding hydrogens is 414 g/mol. The van der Waals surface area contributed by atoms with Crippen LogP contribution in [0.2, 0.25) is 0 Å². The lowest BCUT2D eigenvalue weighted by Gasteiger charge is -2.71. The second kappa shape index (κ2) is 3.93. The highest BCUT2D eigenvalue weighted by molar-refractivity contribution is 5.83. The van der Waals surface area contributed by atoms with E-state index in [1.54, 1.807) is 0 Å². The van der Waals surface area contributed by atoms with Crippen molar-refractivity contribution < 1.29 is 66.3 Å². The zero-order valence-electron chi connectivity index (χ0n) is 11.4. The Bertz CT molecular complexity index is 672. The van der Waals surface area contributed by atoms with Gasteiger partial charge in [0.25, 0.3) is 22.7 Å². The van der Waals surface area contributed by atoms with Gasteiger partial charge in [-0.3, -0.25) is 4.79 Å². The number of rotatable bonds is 1. The van der Waals surface area contributed by atoms with Crippen molar-refractivity contribution in [1.82, 2.24) is 0 Å². The number of hydrogen-bond acceptors (Lipinski definition) is 1. The maximum Gasteiger partial charge on any atom is 0.326 e.